The zero-order valence-corrected chi connectivity index (χ0v) is 14.7. The quantitative estimate of drug-likeness (QED) is 0.535. The number of carbonyl (C=O) groups excluding carboxylic acids is 1. The first-order valence-corrected chi connectivity index (χ1v) is 8.04. The molecule has 0 aromatic heterocycles. The Morgan fingerprint density at radius 2 is 1.83 bits per heavy atom. The predicted molar refractivity (Wildman–Crippen MR) is 101 cm³/mol. The van der Waals surface area contributed by atoms with Gasteiger partial charge < -0.3 is 10.4 Å². The van der Waals surface area contributed by atoms with E-state index in [1.807, 2.05) is 30.3 Å². The summed E-state index contributed by atoms with van der Waals surface area (Å²) in [4.78, 5) is 23.1. The maximum Gasteiger partial charge on any atom is 0.337 e. The summed E-state index contributed by atoms with van der Waals surface area (Å²) < 4.78 is 0.631. The highest BCUT2D eigenvalue weighted by Gasteiger charge is 2.12. The lowest BCUT2D eigenvalue weighted by Gasteiger charge is -2.11. The van der Waals surface area contributed by atoms with Crippen LogP contribution in [0.15, 0.2) is 59.1 Å². The van der Waals surface area contributed by atoms with Crippen LogP contribution in [0.2, 0.25) is 0 Å². The van der Waals surface area contributed by atoms with Gasteiger partial charge in [0.2, 0.25) is 5.91 Å². The Hall–Kier alpha value is -2.51. The van der Waals surface area contributed by atoms with Crippen LogP contribution in [-0.2, 0) is 4.79 Å². The minimum Gasteiger partial charge on any atom is -0.478 e. The van der Waals surface area contributed by atoms with E-state index in [4.69, 9.17) is 12.2 Å². The number of hydrogen-bond donors (Lipinski definition) is 3. The second-order valence-electron chi connectivity index (χ2n) is 4.68. The fraction of sp³-hybridized carbons (Fsp3) is 0. The Bertz CT molecular complexity index is 807. The molecule has 2 aromatic carbocycles. The zero-order valence-electron chi connectivity index (χ0n) is 12.3. The molecule has 5 nitrogen and oxygen atoms in total. The lowest BCUT2D eigenvalue weighted by molar-refractivity contribution is -0.115. The Labute approximate surface area is 152 Å². The van der Waals surface area contributed by atoms with Gasteiger partial charge in [-0.25, -0.2) is 4.79 Å². The van der Waals surface area contributed by atoms with E-state index >= 15 is 0 Å². The second kappa shape index (κ2) is 8.37. The molecular weight excluding hydrogens is 392 g/mol. The second-order valence-corrected chi connectivity index (χ2v) is 6.01. The van der Waals surface area contributed by atoms with Crippen molar-refractivity contribution in [3.05, 3.63) is 70.2 Å². The number of benzene rings is 2. The van der Waals surface area contributed by atoms with E-state index in [2.05, 4.69) is 26.6 Å². The Balaban J connectivity index is 2.00. The molecule has 2 aromatic rings. The van der Waals surface area contributed by atoms with E-state index < -0.39 is 11.9 Å². The molecule has 0 fully saturated rings. The summed E-state index contributed by atoms with van der Waals surface area (Å²) in [6, 6.07) is 14.0. The van der Waals surface area contributed by atoms with Gasteiger partial charge in [0.25, 0.3) is 0 Å². The van der Waals surface area contributed by atoms with Crippen LogP contribution in [0.25, 0.3) is 6.08 Å². The van der Waals surface area contributed by atoms with Crippen LogP contribution in [0.3, 0.4) is 0 Å². The summed E-state index contributed by atoms with van der Waals surface area (Å²) in [7, 11) is 0. The van der Waals surface area contributed by atoms with E-state index in [1.165, 1.54) is 12.1 Å². The third kappa shape index (κ3) is 5.29. The number of carbonyl (C=O) groups is 2. The summed E-state index contributed by atoms with van der Waals surface area (Å²) in [5, 5.41) is 14.4. The Morgan fingerprint density at radius 1 is 1.12 bits per heavy atom. The van der Waals surface area contributed by atoms with Crippen LogP contribution in [-0.4, -0.2) is 22.1 Å². The molecule has 1 amide bonds. The summed E-state index contributed by atoms with van der Waals surface area (Å²) >= 11 is 8.25. The van der Waals surface area contributed by atoms with E-state index in [1.54, 1.807) is 18.2 Å². The molecule has 0 aliphatic carbocycles. The number of carboxylic acid groups (broad SMARTS) is 1. The van der Waals surface area contributed by atoms with Crippen molar-refractivity contribution in [3.8, 4) is 0 Å². The van der Waals surface area contributed by atoms with E-state index in [0.717, 1.165) is 5.56 Å². The SMILES string of the molecule is O=C(C=Cc1ccccc1)NC(=S)Nc1ccc(Br)cc1C(=O)O. The Morgan fingerprint density at radius 3 is 2.50 bits per heavy atom. The Kier molecular flexibility index (Phi) is 6.22. The smallest absolute Gasteiger partial charge is 0.337 e. The zero-order chi connectivity index (χ0) is 17.5. The van der Waals surface area contributed by atoms with Crippen molar-refractivity contribution in [3.63, 3.8) is 0 Å². The first-order chi connectivity index (χ1) is 11.5. The van der Waals surface area contributed by atoms with Crippen LogP contribution in [0.4, 0.5) is 5.69 Å². The number of hydrogen-bond acceptors (Lipinski definition) is 3. The average Bonchev–Trinajstić information content (AvgIpc) is 2.55. The maximum atomic E-state index is 11.8. The fourth-order valence-corrected chi connectivity index (χ4v) is 2.42. The number of anilines is 1. The summed E-state index contributed by atoms with van der Waals surface area (Å²) in [6.07, 6.45) is 3.00. The lowest BCUT2D eigenvalue weighted by atomic mass is 10.2. The standard InChI is InChI=1S/C17H13BrN2O3S/c18-12-7-8-14(13(10-12)16(22)23)19-17(24)20-15(21)9-6-11-4-2-1-3-5-11/h1-10H,(H,22,23)(H2,19,20,21,24). The molecule has 0 heterocycles. The monoisotopic (exact) mass is 404 g/mol. The van der Waals surface area contributed by atoms with Crippen LogP contribution in [0.5, 0.6) is 0 Å². The van der Waals surface area contributed by atoms with Crippen LogP contribution < -0.4 is 10.6 Å². The average molecular weight is 405 g/mol. The molecule has 0 atom stereocenters. The number of carboxylic acids is 1. The highest BCUT2D eigenvalue weighted by Crippen LogP contribution is 2.21. The van der Waals surface area contributed by atoms with Crippen molar-refractivity contribution in [2.24, 2.45) is 0 Å². The molecule has 0 saturated heterocycles. The fourth-order valence-electron chi connectivity index (χ4n) is 1.85. The van der Waals surface area contributed by atoms with E-state index in [9.17, 15) is 14.7 Å². The molecule has 0 unspecified atom stereocenters. The molecule has 122 valence electrons. The van der Waals surface area contributed by atoms with E-state index in [0.29, 0.717) is 10.2 Å². The number of thiocarbonyl (C=S) groups is 1. The molecule has 0 radical (unpaired) electrons. The largest absolute Gasteiger partial charge is 0.478 e. The molecular formula is C17H13BrN2O3S. The number of aromatic carboxylic acids is 1. The van der Waals surface area contributed by atoms with Gasteiger partial charge in [-0.3, -0.25) is 10.1 Å². The minimum absolute atomic E-state index is 0.0162. The number of nitrogens with one attached hydrogen (secondary N) is 2. The van der Waals surface area contributed by atoms with Crippen LogP contribution >= 0.6 is 28.1 Å². The van der Waals surface area contributed by atoms with Gasteiger partial charge in [-0.15, -0.1) is 0 Å². The van der Waals surface area contributed by atoms with Crippen molar-refractivity contribution in [2.45, 2.75) is 0 Å². The van der Waals surface area contributed by atoms with Crippen molar-refractivity contribution in [1.29, 1.82) is 0 Å². The molecule has 0 saturated carbocycles. The normalized spacial score (nSPS) is 10.4. The number of halogens is 1. The van der Waals surface area contributed by atoms with E-state index in [-0.39, 0.29) is 10.7 Å². The lowest BCUT2D eigenvalue weighted by Crippen LogP contribution is -2.33. The molecule has 3 N–H and O–H groups in total. The molecule has 0 bridgehead atoms. The summed E-state index contributed by atoms with van der Waals surface area (Å²) in [5.74, 6) is -1.51. The topological polar surface area (TPSA) is 78.4 Å². The third-order valence-corrected chi connectivity index (χ3v) is 3.62. The van der Waals surface area contributed by atoms with Gasteiger partial charge in [0, 0.05) is 10.5 Å². The van der Waals surface area contributed by atoms with Crippen molar-refractivity contribution in [1.82, 2.24) is 5.32 Å². The van der Waals surface area contributed by atoms with Gasteiger partial charge in [-0.1, -0.05) is 46.3 Å². The number of rotatable bonds is 4. The number of amides is 1. The molecule has 0 spiro atoms. The first kappa shape index (κ1) is 17.8. The highest BCUT2D eigenvalue weighted by atomic mass is 79.9. The van der Waals surface area contributed by atoms with Crippen LogP contribution in [0.1, 0.15) is 15.9 Å². The third-order valence-electron chi connectivity index (χ3n) is 2.92. The van der Waals surface area contributed by atoms with Gasteiger partial charge in [0.1, 0.15) is 0 Å². The van der Waals surface area contributed by atoms with Gasteiger partial charge in [0.05, 0.1) is 11.3 Å². The minimum atomic E-state index is -1.10. The van der Waals surface area contributed by atoms with Crippen molar-refractivity contribution >= 4 is 56.9 Å². The molecule has 7 heteroatoms. The molecule has 0 aliphatic heterocycles. The summed E-state index contributed by atoms with van der Waals surface area (Å²) in [5.41, 5.74) is 1.22. The van der Waals surface area contributed by atoms with Gasteiger partial charge >= 0.3 is 5.97 Å². The van der Waals surface area contributed by atoms with Gasteiger partial charge in [-0.05, 0) is 42.1 Å². The van der Waals surface area contributed by atoms with Gasteiger partial charge in [0.15, 0.2) is 5.11 Å². The van der Waals surface area contributed by atoms with Gasteiger partial charge in [-0.2, -0.15) is 0 Å². The van der Waals surface area contributed by atoms with Crippen LogP contribution in [0, 0.1) is 0 Å². The molecule has 2 rings (SSSR count). The maximum absolute atomic E-state index is 11.8. The van der Waals surface area contributed by atoms with Crippen molar-refractivity contribution in [2.75, 3.05) is 5.32 Å². The highest BCUT2D eigenvalue weighted by molar-refractivity contribution is 9.10. The molecule has 24 heavy (non-hydrogen) atoms. The molecule has 0 aliphatic rings. The predicted octanol–water partition coefficient (Wildman–Crippen LogP) is 3.67. The summed E-state index contributed by atoms with van der Waals surface area (Å²) in [6.45, 7) is 0. The van der Waals surface area contributed by atoms with Crippen molar-refractivity contribution < 1.29 is 14.7 Å². The first-order valence-electron chi connectivity index (χ1n) is 6.83.